The molecule has 1 heterocycles. The standard InChI is InChI=1S/C22H26N2O3/c1-22(2,3)27-21(26)24-19(15-17-12-8-5-9-13-17)18(23-20(24)25)14-16-10-6-4-7-11-16/h4-13,18-19H,14-15H2,1-3H3,(H,23,25)/t18-,19-/m1/s1. The van der Waals surface area contributed by atoms with E-state index in [0.717, 1.165) is 11.1 Å². The lowest BCUT2D eigenvalue weighted by Gasteiger charge is -2.28. The van der Waals surface area contributed by atoms with Gasteiger partial charge in [-0.1, -0.05) is 60.7 Å². The van der Waals surface area contributed by atoms with Crippen LogP contribution in [0.1, 0.15) is 31.9 Å². The van der Waals surface area contributed by atoms with Crippen LogP contribution in [-0.2, 0) is 17.6 Å². The van der Waals surface area contributed by atoms with E-state index in [1.807, 2.05) is 60.7 Å². The molecule has 3 rings (SSSR count). The van der Waals surface area contributed by atoms with Crippen LogP contribution in [0.3, 0.4) is 0 Å². The Kier molecular flexibility index (Phi) is 5.49. The van der Waals surface area contributed by atoms with Gasteiger partial charge in [-0.3, -0.25) is 0 Å². The van der Waals surface area contributed by atoms with Crippen LogP contribution in [0.5, 0.6) is 0 Å². The molecule has 0 spiro atoms. The highest BCUT2D eigenvalue weighted by Crippen LogP contribution is 2.24. The van der Waals surface area contributed by atoms with Gasteiger partial charge in [0.05, 0.1) is 12.1 Å². The van der Waals surface area contributed by atoms with Crippen molar-refractivity contribution in [2.75, 3.05) is 0 Å². The molecule has 2 atom stereocenters. The molecule has 27 heavy (non-hydrogen) atoms. The molecule has 142 valence electrons. The minimum Gasteiger partial charge on any atom is -0.443 e. The van der Waals surface area contributed by atoms with Gasteiger partial charge in [-0.05, 0) is 44.7 Å². The summed E-state index contributed by atoms with van der Waals surface area (Å²) in [4.78, 5) is 26.6. The number of imide groups is 1. The van der Waals surface area contributed by atoms with Crippen molar-refractivity contribution in [3.8, 4) is 0 Å². The quantitative estimate of drug-likeness (QED) is 0.883. The van der Waals surface area contributed by atoms with Gasteiger partial charge >= 0.3 is 12.1 Å². The Morgan fingerprint density at radius 2 is 1.48 bits per heavy atom. The van der Waals surface area contributed by atoms with E-state index >= 15 is 0 Å². The van der Waals surface area contributed by atoms with Crippen LogP contribution in [0.25, 0.3) is 0 Å². The van der Waals surface area contributed by atoms with Crippen molar-refractivity contribution in [2.24, 2.45) is 0 Å². The Labute approximate surface area is 160 Å². The number of nitrogens with one attached hydrogen (secondary N) is 1. The van der Waals surface area contributed by atoms with E-state index in [-0.39, 0.29) is 12.1 Å². The maximum atomic E-state index is 12.7. The molecule has 0 unspecified atom stereocenters. The van der Waals surface area contributed by atoms with Crippen molar-refractivity contribution < 1.29 is 14.3 Å². The minimum atomic E-state index is -0.661. The second kappa shape index (κ2) is 7.82. The van der Waals surface area contributed by atoms with Gasteiger partial charge in [0.1, 0.15) is 5.60 Å². The third-order valence-corrected chi connectivity index (χ3v) is 4.50. The largest absolute Gasteiger partial charge is 0.443 e. The lowest BCUT2D eigenvalue weighted by atomic mass is 9.95. The molecule has 3 amide bonds. The maximum absolute atomic E-state index is 12.7. The van der Waals surface area contributed by atoms with Gasteiger partial charge in [0.25, 0.3) is 0 Å². The Morgan fingerprint density at radius 3 is 2.00 bits per heavy atom. The predicted molar refractivity (Wildman–Crippen MR) is 104 cm³/mol. The van der Waals surface area contributed by atoms with Gasteiger partial charge in [0, 0.05) is 0 Å². The zero-order valence-electron chi connectivity index (χ0n) is 16.0. The first-order valence-corrected chi connectivity index (χ1v) is 9.24. The van der Waals surface area contributed by atoms with Crippen LogP contribution in [0, 0.1) is 0 Å². The molecule has 0 aromatic heterocycles. The van der Waals surface area contributed by atoms with E-state index in [9.17, 15) is 9.59 Å². The average molecular weight is 366 g/mol. The zero-order chi connectivity index (χ0) is 19.4. The van der Waals surface area contributed by atoms with Gasteiger partial charge in [0.15, 0.2) is 0 Å². The fourth-order valence-electron chi connectivity index (χ4n) is 3.33. The summed E-state index contributed by atoms with van der Waals surface area (Å²) in [5, 5.41) is 2.98. The molecule has 0 radical (unpaired) electrons. The summed E-state index contributed by atoms with van der Waals surface area (Å²) < 4.78 is 5.48. The molecule has 1 saturated heterocycles. The molecule has 1 aliphatic rings. The number of ether oxygens (including phenoxy) is 1. The number of rotatable bonds is 4. The molecule has 2 aromatic carbocycles. The molecule has 1 N–H and O–H groups in total. The van der Waals surface area contributed by atoms with E-state index in [1.54, 1.807) is 20.8 Å². The lowest BCUT2D eigenvalue weighted by Crippen LogP contribution is -2.45. The Bertz CT molecular complexity index is 784. The highest BCUT2D eigenvalue weighted by atomic mass is 16.6. The first-order valence-electron chi connectivity index (χ1n) is 9.24. The summed E-state index contributed by atoms with van der Waals surface area (Å²) in [5.41, 5.74) is 1.53. The Morgan fingerprint density at radius 1 is 0.963 bits per heavy atom. The monoisotopic (exact) mass is 366 g/mol. The van der Waals surface area contributed by atoms with E-state index in [1.165, 1.54) is 4.90 Å². The van der Waals surface area contributed by atoms with Crippen molar-refractivity contribution in [3.63, 3.8) is 0 Å². The fourth-order valence-corrected chi connectivity index (χ4v) is 3.33. The number of urea groups is 1. The summed E-state index contributed by atoms with van der Waals surface area (Å²) in [5.74, 6) is 0. The first-order chi connectivity index (χ1) is 12.8. The highest BCUT2D eigenvalue weighted by molar-refractivity contribution is 5.93. The lowest BCUT2D eigenvalue weighted by molar-refractivity contribution is 0.0288. The Balaban J connectivity index is 1.86. The van der Waals surface area contributed by atoms with E-state index in [0.29, 0.717) is 12.8 Å². The molecular weight excluding hydrogens is 340 g/mol. The first kappa shape index (κ1) is 19.0. The average Bonchev–Trinajstić information content (AvgIpc) is 2.90. The molecule has 0 aliphatic carbocycles. The summed E-state index contributed by atoms with van der Waals surface area (Å²) in [7, 11) is 0. The predicted octanol–water partition coefficient (Wildman–Crippen LogP) is 4.17. The van der Waals surface area contributed by atoms with Gasteiger partial charge in [0.2, 0.25) is 0 Å². The SMILES string of the molecule is CC(C)(C)OC(=O)N1C(=O)N[C@H](Cc2ccccc2)[C@H]1Cc1ccccc1. The summed E-state index contributed by atoms with van der Waals surface area (Å²) >= 11 is 0. The molecule has 5 heteroatoms. The van der Waals surface area contributed by atoms with E-state index < -0.39 is 17.7 Å². The van der Waals surface area contributed by atoms with Crippen molar-refractivity contribution in [1.29, 1.82) is 0 Å². The van der Waals surface area contributed by atoms with Crippen molar-refractivity contribution in [1.82, 2.24) is 10.2 Å². The number of hydrogen-bond acceptors (Lipinski definition) is 3. The van der Waals surface area contributed by atoms with Crippen LogP contribution in [0.2, 0.25) is 0 Å². The minimum absolute atomic E-state index is 0.173. The molecule has 5 nitrogen and oxygen atoms in total. The third-order valence-electron chi connectivity index (χ3n) is 4.50. The van der Waals surface area contributed by atoms with Crippen LogP contribution in [0.4, 0.5) is 9.59 Å². The van der Waals surface area contributed by atoms with Crippen LogP contribution < -0.4 is 5.32 Å². The normalized spacial score (nSPS) is 19.7. The van der Waals surface area contributed by atoms with E-state index in [2.05, 4.69) is 5.32 Å². The molecule has 1 aliphatic heterocycles. The molecular formula is C22H26N2O3. The van der Waals surface area contributed by atoms with Crippen LogP contribution in [0.15, 0.2) is 60.7 Å². The van der Waals surface area contributed by atoms with Crippen molar-refractivity contribution in [2.45, 2.75) is 51.3 Å². The molecule has 0 saturated carbocycles. The second-order valence-electron chi connectivity index (χ2n) is 7.85. The van der Waals surface area contributed by atoms with Gasteiger partial charge in [-0.25, -0.2) is 14.5 Å². The third kappa shape index (κ3) is 4.88. The molecule has 1 fully saturated rings. The van der Waals surface area contributed by atoms with Crippen molar-refractivity contribution >= 4 is 12.1 Å². The smallest absolute Gasteiger partial charge is 0.418 e. The number of benzene rings is 2. The topological polar surface area (TPSA) is 58.6 Å². The van der Waals surface area contributed by atoms with Crippen LogP contribution in [-0.4, -0.2) is 34.7 Å². The van der Waals surface area contributed by atoms with Gasteiger partial charge < -0.3 is 10.1 Å². The summed E-state index contributed by atoms with van der Waals surface area (Å²) in [6, 6.07) is 19.0. The summed E-state index contributed by atoms with van der Waals surface area (Å²) in [6.45, 7) is 5.39. The fraction of sp³-hybridized carbons (Fsp3) is 0.364. The molecule has 0 bridgehead atoms. The zero-order valence-corrected chi connectivity index (χ0v) is 16.0. The Hall–Kier alpha value is -2.82. The summed E-state index contributed by atoms with van der Waals surface area (Å²) in [6.07, 6.45) is 0.635. The van der Waals surface area contributed by atoms with Crippen molar-refractivity contribution in [3.05, 3.63) is 71.8 Å². The maximum Gasteiger partial charge on any atom is 0.418 e. The van der Waals surface area contributed by atoms with Gasteiger partial charge in [-0.15, -0.1) is 0 Å². The molecule has 2 aromatic rings. The highest BCUT2D eigenvalue weighted by Gasteiger charge is 2.44. The number of carbonyl (C=O) groups excluding carboxylic acids is 2. The van der Waals surface area contributed by atoms with Gasteiger partial charge in [-0.2, -0.15) is 0 Å². The number of hydrogen-bond donors (Lipinski definition) is 1. The number of amides is 3. The number of nitrogens with zero attached hydrogens (tertiary/aromatic N) is 1. The number of carbonyl (C=O) groups is 2. The van der Waals surface area contributed by atoms with E-state index in [4.69, 9.17) is 4.74 Å². The second-order valence-corrected chi connectivity index (χ2v) is 7.85. The van der Waals surface area contributed by atoms with Crippen LogP contribution >= 0.6 is 0 Å².